The molecule has 0 bridgehead atoms. The molecule has 3 atom stereocenters. The van der Waals surface area contributed by atoms with Crippen molar-refractivity contribution in [2.75, 3.05) is 6.61 Å². The molecule has 0 saturated carbocycles. The van der Waals surface area contributed by atoms with Gasteiger partial charge in [0.15, 0.2) is 0 Å². The van der Waals surface area contributed by atoms with E-state index >= 15 is 0 Å². The van der Waals surface area contributed by atoms with Crippen molar-refractivity contribution in [1.29, 1.82) is 0 Å². The van der Waals surface area contributed by atoms with Crippen LogP contribution in [0.1, 0.15) is 26.7 Å². The molecule has 2 heteroatoms. The van der Waals surface area contributed by atoms with E-state index in [2.05, 4.69) is 6.08 Å². The molecule has 0 aromatic rings. The van der Waals surface area contributed by atoms with Crippen LogP contribution < -0.4 is 0 Å². The monoisotopic (exact) mass is 170 g/mol. The van der Waals surface area contributed by atoms with E-state index in [9.17, 15) is 5.11 Å². The summed E-state index contributed by atoms with van der Waals surface area (Å²) < 4.78 is 0. The van der Waals surface area contributed by atoms with Crippen LogP contribution in [0.3, 0.4) is 0 Å². The van der Waals surface area contributed by atoms with E-state index in [1.54, 1.807) is 0 Å². The van der Waals surface area contributed by atoms with Gasteiger partial charge in [0.1, 0.15) is 0 Å². The highest BCUT2D eigenvalue weighted by molar-refractivity contribution is 5.09. The minimum atomic E-state index is -0.280. The van der Waals surface area contributed by atoms with Crippen molar-refractivity contribution in [2.45, 2.75) is 32.8 Å². The van der Waals surface area contributed by atoms with Gasteiger partial charge in [0.2, 0.25) is 0 Å². The fourth-order valence-corrected chi connectivity index (χ4v) is 1.66. The van der Waals surface area contributed by atoms with Crippen LogP contribution in [-0.2, 0) is 0 Å². The average Bonchev–Trinajstić information content (AvgIpc) is 2.08. The molecule has 0 amide bonds. The first-order valence-corrected chi connectivity index (χ1v) is 4.60. The minimum Gasteiger partial charge on any atom is -0.396 e. The third kappa shape index (κ3) is 2.08. The summed E-state index contributed by atoms with van der Waals surface area (Å²) in [4.78, 5) is 0. The van der Waals surface area contributed by atoms with Crippen molar-refractivity contribution in [1.82, 2.24) is 0 Å². The van der Waals surface area contributed by atoms with Crippen molar-refractivity contribution in [3.8, 4) is 0 Å². The van der Waals surface area contributed by atoms with E-state index < -0.39 is 0 Å². The van der Waals surface area contributed by atoms with Crippen molar-refractivity contribution >= 4 is 0 Å². The molecule has 0 heterocycles. The Balaban J connectivity index is 2.52. The Hall–Kier alpha value is -0.340. The van der Waals surface area contributed by atoms with Gasteiger partial charge in [-0.05, 0) is 37.2 Å². The van der Waals surface area contributed by atoms with Gasteiger partial charge in [-0.25, -0.2) is 0 Å². The van der Waals surface area contributed by atoms with Crippen LogP contribution in [0, 0.1) is 11.8 Å². The number of allylic oxidation sites excluding steroid dienone is 1. The van der Waals surface area contributed by atoms with Crippen molar-refractivity contribution in [3.05, 3.63) is 11.6 Å². The Bertz CT molecular complexity index is 175. The molecule has 0 saturated heterocycles. The topological polar surface area (TPSA) is 40.5 Å². The molecule has 12 heavy (non-hydrogen) atoms. The number of aliphatic hydroxyl groups is 2. The van der Waals surface area contributed by atoms with Crippen molar-refractivity contribution < 1.29 is 10.2 Å². The molecule has 70 valence electrons. The molecular weight excluding hydrogens is 152 g/mol. The fourth-order valence-electron chi connectivity index (χ4n) is 1.66. The molecule has 0 aromatic carbocycles. The van der Waals surface area contributed by atoms with E-state index in [-0.39, 0.29) is 12.7 Å². The zero-order valence-corrected chi connectivity index (χ0v) is 7.83. The summed E-state index contributed by atoms with van der Waals surface area (Å²) in [6.45, 7) is 4.22. The Kier molecular flexibility index (Phi) is 3.29. The highest BCUT2D eigenvalue weighted by atomic mass is 16.3. The maximum Gasteiger partial charge on any atom is 0.0750 e. The number of rotatable bonds is 2. The first-order chi connectivity index (χ1) is 5.65. The van der Waals surface area contributed by atoms with Crippen LogP contribution in [0.25, 0.3) is 0 Å². The predicted octanol–water partition coefficient (Wildman–Crippen LogP) is 1.33. The number of hydrogen-bond acceptors (Lipinski definition) is 2. The molecule has 2 N–H and O–H groups in total. The lowest BCUT2D eigenvalue weighted by atomic mass is 9.81. The zero-order valence-electron chi connectivity index (χ0n) is 7.83. The molecule has 0 aliphatic heterocycles. The molecule has 2 nitrogen and oxygen atoms in total. The molecular formula is C10H18O2. The van der Waals surface area contributed by atoms with Crippen LogP contribution in [0.4, 0.5) is 0 Å². The van der Waals surface area contributed by atoms with Gasteiger partial charge in [0, 0.05) is 6.61 Å². The maximum atomic E-state index is 9.54. The van der Waals surface area contributed by atoms with E-state index in [4.69, 9.17) is 5.11 Å². The standard InChI is InChI=1S/C10H18O2/c1-7-3-4-9(5-10(7)12)8(2)6-11/h3,8-12H,4-6H2,1-2H3/t8?,9-,10-/m1/s1. The molecule has 1 aliphatic rings. The van der Waals surface area contributed by atoms with Gasteiger partial charge in [0.25, 0.3) is 0 Å². The van der Waals surface area contributed by atoms with Gasteiger partial charge in [-0.1, -0.05) is 13.0 Å². The Labute approximate surface area is 73.9 Å². The van der Waals surface area contributed by atoms with Crippen molar-refractivity contribution in [2.24, 2.45) is 11.8 Å². The van der Waals surface area contributed by atoms with Gasteiger partial charge >= 0.3 is 0 Å². The smallest absolute Gasteiger partial charge is 0.0750 e. The predicted molar refractivity (Wildman–Crippen MR) is 48.7 cm³/mol. The summed E-state index contributed by atoms with van der Waals surface area (Å²) in [7, 11) is 0. The van der Waals surface area contributed by atoms with Gasteiger partial charge in [-0.2, -0.15) is 0 Å². The summed E-state index contributed by atoms with van der Waals surface area (Å²) in [6.07, 6.45) is 3.62. The van der Waals surface area contributed by atoms with E-state index in [0.717, 1.165) is 18.4 Å². The van der Waals surface area contributed by atoms with Crippen LogP contribution in [0.2, 0.25) is 0 Å². The van der Waals surface area contributed by atoms with Gasteiger partial charge in [-0.3, -0.25) is 0 Å². The molecule has 1 aliphatic carbocycles. The third-order valence-corrected chi connectivity index (χ3v) is 2.89. The average molecular weight is 170 g/mol. The lowest BCUT2D eigenvalue weighted by Gasteiger charge is -2.28. The molecule has 0 fully saturated rings. The summed E-state index contributed by atoms with van der Waals surface area (Å²) >= 11 is 0. The van der Waals surface area contributed by atoms with E-state index in [0.29, 0.717) is 11.8 Å². The van der Waals surface area contributed by atoms with Gasteiger partial charge < -0.3 is 10.2 Å². The fraction of sp³-hybridized carbons (Fsp3) is 0.800. The maximum absolute atomic E-state index is 9.54. The van der Waals surface area contributed by atoms with E-state index in [1.165, 1.54) is 0 Å². The summed E-state index contributed by atoms with van der Waals surface area (Å²) in [5.74, 6) is 0.762. The number of aliphatic hydroxyl groups excluding tert-OH is 2. The molecule has 1 rings (SSSR count). The van der Waals surface area contributed by atoms with Gasteiger partial charge in [0.05, 0.1) is 6.10 Å². The Morgan fingerprint density at radius 1 is 1.67 bits per heavy atom. The minimum absolute atomic E-state index is 0.226. The zero-order chi connectivity index (χ0) is 9.14. The van der Waals surface area contributed by atoms with Crippen LogP contribution >= 0.6 is 0 Å². The normalized spacial score (nSPS) is 32.8. The third-order valence-electron chi connectivity index (χ3n) is 2.89. The second-order valence-corrected chi connectivity index (χ2v) is 3.86. The Morgan fingerprint density at radius 3 is 2.83 bits per heavy atom. The molecule has 1 unspecified atom stereocenters. The first kappa shape index (κ1) is 9.75. The SMILES string of the molecule is CC1=CC[C@@H](C(C)CO)C[C@H]1O. The van der Waals surface area contributed by atoms with Crippen molar-refractivity contribution in [3.63, 3.8) is 0 Å². The second kappa shape index (κ2) is 4.06. The lowest BCUT2D eigenvalue weighted by Crippen LogP contribution is -2.25. The largest absolute Gasteiger partial charge is 0.396 e. The lowest BCUT2D eigenvalue weighted by molar-refractivity contribution is 0.118. The van der Waals surface area contributed by atoms with Crippen LogP contribution in [-0.4, -0.2) is 22.9 Å². The quantitative estimate of drug-likeness (QED) is 0.614. The summed E-state index contributed by atoms with van der Waals surface area (Å²) in [5.41, 5.74) is 1.08. The van der Waals surface area contributed by atoms with Crippen LogP contribution in [0.5, 0.6) is 0 Å². The molecule has 0 spiro atoms. The first-order valence-electron chi connectivity index (χ1n) is 4.60. The summed E-state index contributed by atoms with van der Waals surface area (Å²) in [6, 6.07) is 0. The molecule has 0 aromatic heterocycles. The van der Waals surface area contributed by atoms with E-state index in [1.807, 2.05) is 13.8 Å². The molecule has 0 radical (unpaired) electrons. The highest BCUT2D eigenvalue weighted by Crippen LogP contribution is 2.29. The van der Waals surface area contributed by atoms with Gasteiger partial charge in [-0.15, -0.1) is 0 Å². The highest BCUT2D eigenvalue weighted by Gasteiger charge is 2.23. The Morgan fingerprint density at radius 2 is 2.33 bits per heavy atom. The number of hydrogen-bond donors (Lipinski definition) is 2. The second-order valence-electron chi connectivity index (χ2n) is 3.86. The summed E-state index contributed by atoms with van der Waals surface area (Å²) in [5, 5.41) is 18.5. The van der Waals surface area contributed by atoms with Crippen LogP contribution in [0.15, 0.2) is 11.6 Å².